The zero-order chi connectivity index (χ0) is 16.1. The Morgan fingerprint density at radius 1 is 1.41 bits per heavy atom. The van der Waals surface area contributed by atoms with Gasteiger partial charge in [-0.25, -0.2) is 0 Å². The van der Waals surface area contributed by atoms with Gasteiger partial charge in [-0.05, 0) is 0 Å². The van der Waals surface area contributed by atoms with Crippen molar-refractivity contribution in [2.45, 2.75) is 37.6 Å². The standard InChI is InChI=1S/C15H19NO6/c1-9(18)16-11(7-17)13(20)14-12(19)8-21-15(22-14)10-5-3-2-4-6-10/h2-7,11-15,19-20H,8H2,1H3,(H,16,18)/t11-,12+,13+,14+,15+/m0/s1. The summed E-state index contributed by atoms with van der Waals surface area (Å²) in [7, 11) is 0. The fourth-order valence-electron chi connectivity index (χ4n) is 2.29. The number of rotatable bonds is 5. The van der Waals surface area contributed by atoms with Crippen LogP contribution in [0.25, 0.3) is 0 Å². The third-order valence-corrected chi connectivity index (χ3v) is 3.37. The molecule has 0 radical (unpaired) electrons. The molecule has 22 heavy (non-hydrogen) atoms. The number of aliphatic hydroxyl groups is 2. The van der Waals surface area contributed by atoms with Crippen molar-refractivity contribution in [1.82, 2.24) is 5.32 Å². The van der Waals surface area contributed by atoms with Crippen molar-refractivity contribution in [2.24, 2.45) is 0 Å². The molecule has 1 fully saturated rings. The van der Waals surface area contributed by atoms with Crippen LogP contribution >= 0.6 is 0 Å². The summed E-state index contributed by atoms with van der Waals surface area (Å²) in [6.45, 7) is 1.18. The number of hydrogen-bond acceptors (Lipinski definition) is 6. The zero-order valence-corrected chi connectivity index (χ0v) is 12.1. The molecule has 0 aliphatic carbocycles. The molecule has 1 aromatic rings. The number of carbonyl (C=O) groups is 2. The monoisotopic (exact) mass is 309 g/mol. The minimum absolute atomic E-state index is 0.0487. The molecule has 0 aromatic heterocycles. The van der Waals surface area contributed by atoms with Gasteiger partial charge < -0.3 is 29.8 Å². The van der Waals surface area contributed by atoms with E-state index < -0.39 is 36.6 Å². The number of aliphatic hydroxyl groups excluding tert-OH is 2. The average Bonchev–Trinajstić information content (AvgIpc) is 2.53. The lowest BCUT2D eigenvalue weighted by Gasteiger charge is -2.38. The van der Waals surface area contributed by atoms with Gasteiger partial charge in [-0.2, -0.15) is 0 Å². The Bertz CT molecular complexity index is 508. The maximum absolute atomic E-state index is 11.1. The second kappa shape index (κ2) is 7.46. The first kappa shape index (κ1) is 16.6. The first-order chi connectivity index (χ1) is 10.5. The van der Waals surface area contributed by atoms with Gasteiger partial charge in [0.25, 0.3) is 0 Å². The third kappa shape index (κ3) is 3.89. The highest BCUT2D eigenvalue weighted by Crippen LogP contribution is 2.28. The number of benzene rings is 1. The van der Waals surface area contributed by atoms with E-state index in [0.29, 0.717) is 6.29 Å². The van der Waals surface area contributed by atoms with Crippen LogP contribution in [0.2, 0.25) is 0 Å². The second-order valence-corrected chi connectivity index (χ2v) is 5.10. The van der Waals surface area contributed by atoms with Gasteiger partial charge in [-0.1, -0.05) is 30.3 Å². The Kier molecular flexibility index (Phi) is 5.62. The Morgan fingerprint density at radius 2 is 2.09 bits per heavy atom. The molecule has 2 rings (SSSR count). The van der Waals surface area contributed by atoms with E-state index in [4.69, 9.17) is 9.47 Å². The van der Waals surface area contributed by atoms with Gasteiger partial charge in [0.15, 0.2) is 6.29 Å². The summed E-state index contributed by atoms with van der Waals surface area (Å²) in [5.41, 5.74) is 0.730. The molecule has 7 nitrogen and oxygen atoms in total. The highest BCUT2D eigenvalue weighted by molar-refractivity contribution is 5.77. The summed E-state index contributed by atoms with van der Waals surface area (Å²) < 4.78 is 11.0. The van der Waals surface area contributed by atoms with Crippen LogP contribution in [0.1, 0.15) is 18.8 Å². The van der Waals surface area contributed by atoms with E-state index in [0.717, 1.165) is 5.56 Å². The first-order valence-corrected chi connectivity index (χ1v) is 6.93. The van der Waals surface area contributed by atoms with Crippen molar-refractivity contribution in [3.63, 3.8) is 0 Å². The van der Waals surface area contributed by atoms with Crippen LogP contribution in [0, 0.1) is 0 Å². The van der Waals surface area contributed by atoms with Crippen molar-refractivity contribution in [3.8, 4) is 0 Å². The number of nitrogens with one attached hydrogen (secondary N) is 1. The van der Waals surface area contributed by atoms with Gasteiger partial charge in [0.05, 0.1) is 6.61 Å². The molecule has 120 valence electrons. The van der Waals surface area contributed by atoms with Crippen LogP contribution in [0.15, 0.2) is 30.3 Å². The number of carbonyl (C=O) groups excluding carboxylic acids is 2. The lowest BCUT2D eigenvalue weighted by molar-refractivity contribution is -0.276. The highest BCUT2D eigenvalue weighted by Gasteiger charge is 2.40. The average molecular weight is 309 g/mol. The SMILES string of the molecule is CC(=O)N[C@@H](C=O)[C@@H](O)[C@@H]1O[C@H](c2ccccc2)OC[C@H]1O. The molecule has 1 aromatic carbocycles. The van der Waals surface area contributed by atoms with Crippen LogP contribution in [0.3, 0.4) is 0 Å². The van der Waals surface area contributed by atoms with Gasteiger partial charge in [-0.15, -0.1) is 0 Å². The van der Waals surface area contributed by atoms with Crippen molar-refractivity contribution < 1.29 is 29.3 Å². The van der Waals surface area contributed by atoms with E-state index in [1.807, 2.05) is 18.2 Å². The molecule has 0 spiro atoms. The summed E-state index contributed by atoms with van der Waals surface area (Å²) in [6, 6.07) is 7.88. The quantitative estimate of drug-likeness (QED) is 0.635. The third-order valence-electron chi connectivity index (χ3n) is 3.37. The Hall–Kier alpha value is -1.80. The van der Waals surface area contributed by atoms with E-state index in [1.54, 1.807) is 12.1 Å². The van der Waals surface area contributed by atoms with Crippen molar-refractivity contribution in [2.75, 3.05) is 6.61 Å². The molecular formula is C15H19NO6. The minimum Gasteiger partial charge on any atom is -0.388 e. The fraction of sp³-hybridized carbons (Fsp3) is 0.467. The van der Waals surface area contributed by atoms with Crippen LogP contribution in [-0.2, 0) is 19.1 Å². The zero-order valence-electron chi connectivity index (χ0n) is 12.1. The van der Waals surface area contributed by atoms with Gasteiger partial charge in [0.2, 0.25) is 5.91 Å². The highest BCUT2D eigenvalue weighted by atomic mass is 16.7. The molecule has 7 heteroatoms. The minimum atomic E-state index is -1.38. The maximum Gasteiger partial charge on any atom is 0.217 e. The molecule has 1 aliphatic rings. The van der Waals surface area contributed by atoms with Gasteiger partial charge in [0.1, 0.15) is 30.6 Å². The van der Waals surface area contributed by atoms with Crippen LogP contribution in [0.4, 0.5) is 0 Å². The number of ether oxygens (including phenoxy) is 2. The summed E-state index contributed by atoms with van der Waals surface area (Å²) in [4.78, 5) is 22.1. The van der Waals surface area contributed by atoms with Crippen LogP contribution < -0.4 is 5.32 Å². The molecule has 1 aliphatic heterocycles. The van der Waals surface area contributed by atoms with Crippen LogP contribution in [0.5, 0.6) is 0 Å². The summed E-state index contributed by atoms with van der Waals surface area (Å²) in [5.74, 6) is -0.461. The predicted molar refractivity (Wildman–Crippen MR) is 75.7 cm³/mol. The lowest BCUT2D eigenvalue weighted by atomic mass is 10.0. The van der Waals surface area contributed by atoms with E-state index >= 15 is 0 Å². The van der Waals surface area contributed by atoms with Crippen molar-refractivity contribution in [1.29, 1.82) is 0 Å². The van der Waals surface area contributed by atoms with Gasteiger partial charge in [0, 0.05) is 12.5 Å². The second-order valence-electron chi connectivity index (χ2n) is 5.10. The van der Waals surface area contributed by atoms with Crippen molar-refractivity contribution in [3.05, 3.63) is 35.9 Å². The lowest BCUT2D eigenvalue weighted by Crippen LogP contribution is -2.56. The Balaban J connectivity index is 2.10. The largest absolute Gasteiger partial charge is 0.388 e. The summed E-state index contributed by atoms with van der Waals surface area (Å²) >= 11 is 0. The van der Waals surface area contributed by atoms with E-state index in [9.17, 15) is 19.8 Å². The van der Waals surface area contributed by atoms with E-state index in [2.05, 4.69) is 5.32 Å². The Morgan fingerprint density at radius 3 is 2.68 bits per heavy atom. The predicted octanol–water partition coefficient (Wildman–Crippen LogP) is -0.474. The number of amides is 1. The summed E-state index contributed by atoms with van der Waals surface area (Å²) in [6.07, 6.45) is -3.89. The normalized spacial score (nSPS) is 27.7. The maximum atomic E-state index is 11.1. The van der Waals surface area contributed by atoms with E-state index in [-0.39, 0.29) is 6.61 Å². The van der Waals surface area contributed by atoms with Crippen molar-refractivity contribution >= 4 is 12.2 Å². The van der Waals surface area contributed by atoms with Gasteiger partial charge in [-0.3, -0.25) is 4.79 Å². The Labute approximate surface area is 127 Å². The smallest absolute Gasteiger partial charge is 0.217 e. The molecule has 1 heterocycles. The molecule has 0 saturated carbocycles. The fourth-order valence-corrected chi connectivity index (χ4v) is 2.29. The molecule has 5 atom stereocenters. The number of hydrogen-bond donors (Lipinski definition) is 3. The topological polar surface area (TPSA) is 105 Å². The molecule has 1 amide bonds. The molecule has 0 bridgehead atoms. The summed E-state index contributed by atoms with van der Waals surface area (Å²) in [5, 5.41) is 22.5. The van der Waals surface area contributed by atoms with E-state index in [1.165, 1.54) is 6.92 Å². The van der Waals surface area contributed by atoms with Gasteiger partial charge >= 0.3 is 0 Å². The number of aldehydes is 1. The molecule has 3 N–H and O–H groups in total. The molecule has 0 unspecified atom stereocenters. The molecule has 1 saturated heterocycles. The van der Waals surface area contributed by atoms with Crippen LogP contribution in [-0.4, -0.2) is 53.4 Å². The molecular weight excluding hydrogens is 290 g/mol. The first-order valence-electron chi connectivity index (χ1n) is 6.93.